The molecule has 84 valence electrons. The summed E-state index contributed by atoms with van der Waals surface area (Å²) in [6.07, 6.45) is 5.29. The molecule has 0 aliphatic carbocycles. The van der Waals surface area contributed by atoms with Crippen molar-refractivity contribution in [2.45, 2.75) is 19.5 Å². The normalized spacial score (nSPS) is 12.6. The molecule has 0 aliphatic rings. The highest BCUT2D eigenvalue weighted by atomic mass is 15.3. The van der Waals surface area contributed by atoms with Gasteiger partial charge in [-0.1, -0.05) is 0 Å². The molecule has 0 fully saturated rings. The number of hydrogen-bond acceptors (Lipinski definition) is 4. The summed E-state index contributed by atoms with van der Waals surface area (Å²) in [5.74, 6) is 0. The van der Waals surface area contributed by atoms with E-state index < -0.39 is 0 Å². The molecule has 1 unspecified atom stereocenters. The Morgan fingerprint density at radius 3 is 2.81 bits per heavy atom. The van der Waals surface area contributed by atoms with Crippen LogP contribution in [0.2, 0.25) is 0 Å². The number of rotatable bonds is 4. The zero-order valence-corrected chi connectivity index (χ0v) is 9.46. The quantitative estimate of drug-likeness (QED) is 0.830. The van der Waals surface area contributed by atoms with Crippen LogP contribution in [-0.4, -0.2) is 27.0 Å². The largest absolute Gasteiger partial charge is 0.308 e. The molecule has 5 nitrogen and oxygen atoms in total. The van der Waals surface area contributed by atoms with E-state index in [0.29, 0.717) is 0 Å². The molecule has 0 saturated heterocycles. The van der Waals surface area contributed by atoms with Gasteiger partial charge in [-0.05, 0) is 31.7 Å². The lowest BCUT2D eigenvalue weighted by atomic mass is 10.1. The van der Waals surface area contributed by atoms with E-state index in [-0.39, 0.29) is 6.04 Å². The summed E-state index contributed by atoms with van der Waals surface area (Å²) in [7, 11) is 1.93. The molecule has 5 heteroatoms. The molecule has 16 heavy (non-hydrogen) atoms. The zero-order valence-electron chi connectivity index (χ0n) is 9.46. The van der Waals surface area contributed by atoms with Crippen LogP contribution in [0.4, 0.5) is 0 Å². The Morgan fingerprint density at radius 1 is 1.31 bits per heavy atom. The van der Waals surface area contributed by atoms with Crippen molar-refractivity contribution in [3.05, 3.63) is 42.0 Å². The molecule has 1 atom stereocenters. The summed E-state index contributed by atoms with van der Waals surface area (Å²) in [5.41, 5.74) is 2.23. The van der Waals surface area contributed by atoms with Crippen LogP contribution in [-0.2, 0) is 6.54 Å². The first-order chi connectivity index (χ1) is 7.86. The average Bonchev–Trinajstić information content (AvgIpc) is 2.80. The summed E-state index contributed by atoms with van der Waals surface area (Å²) in [5, 5.41) is 15.2. The van der Waals surface area contributed by atoms with E-state index >= 15 is 0 Å². The van der Waals surface area contributed by atoms with E-state index in [4.69, 9.17) is 0 Å². The van der Waals surface area contributed by atoms with Crippen LogP contribution in [0, 0.1) is 0 Å². The van der Waals surface area contributed by atoms with Crippen LogP contribution in [0.15, 0.2) is 30.7 Å². The molecule has 0 radical (unpaired) electrons. The first kappa shape index (κ1) is 10.8. The van der Waals surface area contributed by atoms with E-state index in [1.165, 1.54) is 0 Å². The molecule has 0 aliphatic heterocycles. The first-order valence-electron chi connectivity index (χ1n) is 5.32. The van der Waals surface area contributed by atoms with Crippen molar-refractivity contribution < 1.29 is 0 Å². The summed E-state index contributed by atoms with van der Waals surface area (Å²) in [6.45, 7) is 2.94. The monoisotopic (exact) mass is 217 g/mol. The molecule has 0 bridgehead atoms. The van der Waals surface area contributed by atoms with Crippen LogP contribution in [0.1, 0.15) is 24.2 Å². The van der Waals surface area contributed by atoms with Gasteiger partial charge in [0.2, 0.25) is 0 Å². The molecule has 2 aromatic rings. The Kier molecular flexibility index (Phi) is 3.26. The minimum Gasteiger partial charge on any atom is -0.308 e. The van der Waals surface area contributed by atoms with Gasteiger partial charge in [0, 0.05) is 18.9 Å². The molecule has 2 rings (SSSR count). The van der Waals surface area contributed by atoms with Crippen LogP contribution in [0.25, 0.3) is 0 Å². The number of nitrogens with one attached hydrogen (secondary N) is 1. The third kappa shape index (κ3) is 1.94. The second kappa shape index (κ2) is 4.85. The predicted octanol–water partition coefficient (Wildman–Crippen LogP) is 1.00. The Hall–Kier alpha value is -1.75. The SMILES string of the molecule is CCn1nccc1C(NC)c1ccnnc1. The number of aromatic nitrogens is 4. The average molecular weight is 217 g/mol. The van der Waals surface area contributed by atoms with Crippen molar-refractivity contribution >= 4 is 0 Å². The van der Waals surface area contributed by atoms with Crippen LogP contribution in [0.5, 0.6) is 0 Å². The van der Waals surface area contributed by atoms with E-state index in [2.05, 4.69) is 27.5 Å². The maximum absolute atomic E-state index is 4.27. The molecule has 0 aromatic carbocycles. The van der Waals surface area contributed by atoms with Crippen LogP contribution < -0.4 is 5.32 Å². The third-order valence-corrected chi connectivity index (χ3v) is 2.57. The molecule has 0 saturated carbocycles. The lowest BCUT2D eigenvalue weighted by Crippen LogP contribution is -2.21. The van der Waals surface area contributed by atoms with E-state index in [1.54, 1.807) is 12.4 Å². The molecule has 1 N–H and O–H groups in total. The fraction of sp³-hybridized carbons (Fsp3) is 0.364. The minimum atomic E-state index is 0.109. The maximum Gasteiger partial charge on any atom is 0.0762 e. The second-order valence-electron chi connectivity index (χ2n) is 3.47. The highest BCUT2D eigenvalue weighted by Crippen LogP contribution is 2.19. The van der Waals surface area contributed by atoms with Gasteiger partial charge in [-0.3, -0.25) is 4.68 Å². The number of hydrogen-bond donors (Lipinski definition) is 1. The summed E-state index contributed by atoms with van der Waals surface area (Å²) in [6, 6.07) is 4.09. The molecule has 0 amide bonds. The van der Waals surface area contributed by atoms with E-state index in [1.807, 2.05) is 30.1 Å². The van der Waals surface area contributed by atoms with Crippen molar-refractivity contribution in [2.75, 3.05) is 7.05 Å². The van der Waals surface area contributed by atoms with Crippen LogP contribution in [0.3, 0.4) is 0 Å². The third-order valence-electron chi connectivity index (χ3n) is 2.57. The van der Waals surface area contributed by atoms with Gasteiger partial charge in [0.05, 0.1) is 17.9 Å². The minimum absolute atomic E-state index is 0.109. The first-order valence-corrected chi connectivity index (χ1v) is 5.32. The smallest absolute Gasteiger partial charge is 0.0762 e. The van der Waals surface area contributed by atoms with Crippen molar-refractivity contribution in [1.82, 2.24) is 25.3 Å². The Bertz CT molecular complexity index is 437. The molecule has 2 aromatic heterocycles. The fourth-order valence-electron chi connectivity index (χ4n) is 1.81. The van der Waals surface area contributed by atoms with Gasteiger partial charge in [-0.15, -0.1) is 0 Å². The Balaban J connectivity index is 2.37. The van der Waals surface area contributed by atoms with Crippen molar-refractivity contribution in [1.29, 1.82) is 0 Å². The lowest BCUT2D eigenvalue weighted by Gasteiger charge is -2.17. The van der Waals surface area contributed by atoms with E-state index in [9.17, 15) is 0 Å². The van der Waals surface area contributed by atoms with Crippen molar-refractivity contribution in [3.63, 3.8) is 0 Å². The van der Waals surface area contributed by atoms with Gasteiger partial charge in [0.25, 0.3) is 0 Å². The highest BCUT2D eigenvalue weighted by Gasteiger charge is 2.15. The fourth-order valence-corrected chi connectivity index (χ4v) is 1.81. The predicted molar refractivity (Wildman–Crippen MR) is 60.8 cm³/mol. The van der Waals surface area contributed by atoms with Gasteiger partial charge in [0.15, 0.2) is 0 Å². The van der Waals surface area contributed by atoms with Gasteiger partial charge < -0.3 is 5.32 Å². The summed E-state index contributed by atoms with van der Waals surface area (Å²) >= 11 is 0. The zero-order chi connectivity index (χ0) is 11.4. The summed E-state index contributed by atoms with van der Waals surface area (Å²) in [4.78, 5) is 0. The number of nitrogens with zero attached hydrogens (tertiary/aromatic N) is 4. The Labute approximate surface area is 94.5 Å². The number of aryl methyl sites for hydroxylation is 1. The molecular formula is C11H15N5. The van der Waals surface area contributed by atoms with Gasteiger partial charge in [-0.2, -0.15) is 15.3 Å². The van der Waals surface area contributed by atoms with E-state index in [0.717, 1.165) is 17.8 Å². The molecule has 0 spiro atoms. The topological polar surface area (TPSA) is 55.6 Å². The lowest BCUT2D eigenvalue weighted by molar-refractivity contribution is 0.561. The molecule has 2 heterocycles. The maximum atomic E-state index is 4.27. The molecular weight excluding hydrogens is 202 g/mol. The highest BCUT2D eigenvalue weighted by molar-refractivity contribution is 5.23. The Morgan fingerprint density at radius 2 is 2.19 bits per heavy atom. The van der Waals surface area contributed by atoms with Gasteiger partial charge in [-0.25, -0.2) is 0 Å². The van der Waals surface area contributed by atoms with Crippen LogP contribution >= 0.6 is 0 Å². The second-order valence-corrected chi connectivity index (χ2v) is 3.47. The summed E-state index contributed by atoms with van der Waals surface area (Å²) < 4.78 is 1.97. The van der Waals surface area contributed by atoms with Crippen molar-refractivity contribution in [2.24, 2.45) is 0 Å². The van der Waals surface area contributed by atoms with Crippen molar-refractivity contribution in [3.8, 4) is 0 Å². The van der Waals surface area contributed by atoms with Gasteiger partial charge in [0.1, 0.15) is 0 Å². The standard InChI is InChI=1S/C11H15N5/c1-3-16-10(5-7-15-16)11(12-2)9-4-6-13-14-8-9/h4-8,11-12H,3H2,1-2H3. The van der Waals surface area contributed by atoms with Gasteiger partial charge >= 0.3 is 0 Å².